The number of carbonyl (C=O) groups is 1. The van der Waals surface area contributed by atoms with Gasteiger partial charge in [0.05, 0.1) is 11.1 Å². The first-order chi connectivity index (χ1) is 9.91. The minimum atomic E-state index is -4.54. The van der Waals surface area contributed by atoms with Crippen molar-refractivity contribution in [2.75, 3.05) is 5.32 Å². The number of halogens is 3. The summed E-state index contributed by atoms with van der Waals surface area (Å²) in [5.74, 6) is -0.593. The molecule has 0 fully saturated rings. The SMILES string of the molecule is NCc1ccc(NC(=O)c2cncnc2)cc1C(F)(F)F. The quantitative estimate of drug-likeness (QED) is 0.910. The minimum Gasteiger partial charge on any atom is -0.326 e. The number of hydrogen-bond donors (Lipinski definition) is 2. The molecule has 0 aliphatic heterocycles. The topological polar surface area (TPSA) is 80.9 Å². The van der Waals surface area contributed by atoms with Gasteiger partial charge in [-0.05, 0) is 17.7 Å². The molecule has 2 aromatic rings. The maximum atomic E-state index is 12.9. The van der Waals surface area contributed by atoms with Crippen LogP contribution in [0.2, 0.25) is 0 Å². The Labute approximate surface area is 118 Å². The predicted molar refractivity (Wildman–Crippen MR) is 69.3 cm³/mol. The normalized spacial score (nSPS) is 11.2. The van der Waals surface area contributed by atoms with Crippen molar-refractivity contribution in [3.8, 4) is 0 Å². The van der Waals surface area contributed by atoms with Crippen LogP contribution in [0.4, 0.5) is 18.9 Å². The lowest BCUT2D eigenvalue weighted by atomic mass is 10.1. The highest BCUT2D eigenvalue weighted by molar-refractivity contribution is 6.03. The first-order valence-corrected chi connectivity index (χ1v) is 5.88. The average molecular weight is 296 g/mol. The van der Waals surface area contributed by atoms with Gasteiger partial charge in [0.1, 0.15) is 6.33 Å². The summed E-state index contributed by atoms with van der Waals surface area (Å²) in [6, 6.07) is 3.45. The zero-order chi connectivity index (χ0) is 15.5. The van der Waals surface area contributed by atoms with E-state index in [1.807, 2.05) is 0 Å². The number of alkyl halides is 3. The van der Waals surface area contributed by atoms with Crippen LogP contribution in [0, 0.1) is 0 Å². The van der Waals surface area contributed by atoms with Crippen molar-refractivity contribution >= 4 is 11.6 Å². The monoisotopic (exact) mass is 296 g/mol. The number of nitrogens with two attached hydrogens (primary N) is 1. The molecule has 0 radical (unpaired) electrons. The molecule has 110 valence electrons. The molecule has 2 rings (SSSR count). The highest BCUT2D eigenvalue weighted by Gasteiger charge is 2.33. The molecule has 1 aromatic heterocycles. The van der Waals surface area contributed by atoms with Crippen LogP contribution in [0.25, 0.3) is 0 Å². The van der Waals surface area contributed by atoms with E-state index in [0.29, 0.717) is 0 Å². The average Bonchev–Trinajstić information content (AvgIpc) is 2.47. The molecule has 0 spiro atoms. The van der Waals surface area contributed by atoms with Gasteiger partial charge in [-0.2, -0.15) is 13.2 Å². The zero-order valence-corrected chi connectivity index (χ0v) is 10.7. The van der Waals surface area contributed by atoms with Crippen molar-refractivity contribution in [1.82, 2.24) is 9.97 Å². The number of rotatable bonds is 3. The van der Waals surface area contributed by atoms with Crippen LogP contribution in [0.15, 0.2) is 36.9 Å². The van der Waals surface area contributed by atoms with Gasteiger partial charge < -0.3 is 11.1 Å². The molecule has 0 unspecified atom stereocenters. The number of hydrogen-bond acceptors (Lipinski definition) is 4. The number of carbonyl (C=O) groups excluding carboxylic acids is 1. The molecule has 8 heteroatoms. The number of nitrogens with zero attached hydrogens (tertiary/aromatic N) is 2. The van der Waals surface area contributed by atoms with Crippen molar-refractivity contribution in [1.29, 1.82) is 0 Å². The highest BCUT2D eigenvalue weighted by atomic mass is 19.4. The molecule has 1 aromatic carbocycles. The lowest BCUT2D eigenvalue weighted by molar-refractivity contribution is -0.138. The third-order valence-corrected chi connectivity index (χ3v) is 2.72. The molecule has 1 heterocycles. The van der Waals surface area contributed by atoms with E-state index in [1.54, 1.807) is 0 Å². The van der Waals surface area contributed by atoms with Crippen LogP contribution < -0.4 is 11.1 Å². The van der Waals surface area contributed by atoms with Crippen LogP contribution in [-0.4, -0.2) is 15.9 Å². The van der Waals surface area contributed by atoms with Gasteiger partial charge in [0.15, 0.2) is 0 Å². The second-order valence-electron chi connectivity index (χ2n) is 4.16. The van der Waals surface area contributed by atoms with Crippen LogP contribution in [0.1, 0.15) is 21.5 Å². The second kappa shape index (κ2) is 5.88. The third kappa shape index (κ3) is 3.54. The number of anilines is 1. The maximum Gasteiger partial charge on any atom is 0.416 e. The van der Waals surface area contributed by atoms with Gasteiger partial charge in [0.25, 0.3) is 5.91 Å². The summed E-state index contributed by atoms with van der Waals surface area (Å²) < 4.78 is 38.7. The van der Waals surface area contributed by atoms with E-state index < -0.39 is 17.6 Å². The van der Waals surface area contributed by atoms with E-state index >= 15 is 0 Å². The van der Waals surface area contributed by atoms with Gasteiger partial charge in [-0.1, -0.05) is 6.07 Å². The van der Waals surface area contributed by atoms with Gasteiger partial charge in [-0.3, -0.25) is 4.79 Å². The van der Waals surface area contributed by atoms with E-state index in [0.717, 1.165) is 6.07 Å². The highest BCUT2D eigenvalue weighted by Crippen LogP contribution is 2.33. The fourth-order valence-electron chi connectivity index (χ4n) is 1.72. The van der Waals surface area contributed by atoms with Crippen LogP contribution in [-0.2, 0) is 12.7 Å². The Bertz CT molecular complexity index is 644. The van der Waals surface area contributed by atoms with Crippen molar-refractivity contribution in [2.24, 2.45) is 5.73 Å². The molecule has 21 heavy (non-hydrogen) atoms. The van der Waals surface area contributed by atoms with Crippen molar-refractivity contribution in [3.63, 3.8) is 0 Å². The van der Waals surface area contributed by atoms with E-state index in [2.05, 4.69) is 15.3 Å². The Balaban J connectivity index is 2.28. The minimum absolute atomic E-state index is 0.0216. The molecule has 0 saturated carbocycles. The molecule has 1 amide bonds. The first-order valence-electron chi connectivity index (χ1n) is 5.88. The molecular weight excluding hydrogens is 285 g/mol. The molecule has 0 bridgehead atoms. The zero-order valence-electron chi connectivity index (χ0n) is 10.7. The number of nitrogens with one attached hydrogen (secondary N) is 1. The van der Waals surface area contributed by atoms with E-state index in [4.69, 9.17) is 5.73 Å². The fourth-order valence-corrected chi connectivity index (χ4v) is 1.72. The summed E-state index contributed by atoms with van der Waals surface area (Å²) in [6.45, 7) is -0.240. The summed E-state index contributed by atoms with van der Waals surface area (Å²) in [6.07, 6.45) is -0.762. The van der Waals surface area contributed by atoms with Gasteiger partial charge in [-0.25, -0.2) is 9.97 Å². The van der Waals surface area contributed by atoms with Crippen molar-refractivity contribution in [2.45, 2.75) is 12.7 Å². The lowest BCUT2D eigenvalue weighted by Crippen LogP contribution is -2.16. The van der Waals surface area contributed by atoms with E-state index in [-0.39, 0.29) is 23.4 Å². The van der Waals surface area contributed by atoms with Gasteiger partial charge in [0.2, 0.25) is 0 Å². The first kappa shape index (κ1) is 14.9. The molecule has 0 aliphatic carbocycles. The Morgan fingerprint density at radius 2 is 1.90 bits per heavy atom. The van der Waals surface area contributed by atoms with Gasteiger partial charge in [0, 0.05) is 24.6 Å². The Morgan fingerprint density at radius 1 is 1.24 bits per heavy atom. The van der Waals surface area contributed by atoms with E-state index in [9.17, 15) is 18.0 Å². The standard InChI is InChI=1S/C13H11F3N4O/c14-13(15,16)11-3-10(2-1-8(11)4-17)20-12(21)9-5-18-7-19-6-9/h1-3,5-7H,4,17H2,(H,20,21). The molecule has 5 nitrogen and oxygen atoms in total. The number of benzene rings is 1. The van der Waals surface area contributed by atoms with E-state index in [1.165, 1.54) is 30.9 Å². The summed E-state index contributed by atoms with van der Waals surface area (Å²) >= 11 is 0. The van der Waals surface area contributed by atoms with Crippen LogP contribution in [0.5, 0.6) is 0 Å². The molecular formula is C13H11F3N4O. The van der Waals surface area contributed by atoms with Gasteiger partial charge in [-0.15, -0.1) is 0 Å². The predicted octanol–water partition coefficient (Wildman–Crippen LogP) is 2.21. The number of aromatic nitrogens is 2. The smallest absolute Gasteiger partial charge is 0.326 e. The van der Waals surface area contributed by atoms with Crippen LogP contribution in [0.3, 0.4) is 0 Å². The molecule has 3 N–H and O–H groups in total. The van der Waals surface area contributed by atoms with Gasteiger partial charge >= 0.3 is 6.18 Å². The second-order valence-corrected chi connectivity index (χ2v) is 4.16. The molecule has 0 saturated heterocycles. The largest absolute Gasteiger partial charge is 0.416 e. The summed E-state index contributed by atoms with van der Waals surface area (Å²) in [4.78, 5) is 19.2. The summed E-state index contributed by atoms with van der Waals surface area (Å²) in [5.41, 5.74) is 4.55. The Kier molecular flexibility index (Phi) is 4.18. The maximum absolute atomic E-state index is 12.9. The summed E-state index contributed by atoms with van der Waals surface area (Å²) in [5, 5.41) is 2.36. The van der Waals surface area contributed by atoms with Crippen molar-refractivity contribution < 1.29 is 18.0 Å². The lowest BCUT2D eigenvalue weighted by Gasteiger charge is -2.14. The molecule has 0 atom stereocenters. The fraction of sp³-hybridized carbons (Fsp3) is 0.154. The van der Waals surface area contributed by atoms with Crippen molar-refractivity contribution in [3.05, 3.63) is 53.6 Å². The Hall–Kier alpha value is -2.48. The van der Waals surface area contributed by atoms with Crippen LogP contribution >= 0.6 is 0 Å². The third-order valence-electron chi connectivity index (χ3n) is 2.72. The molecule has 0 aliphatic rings. The number of amides is 1. The summed E-state index contributed by atoms with van der Waals surface area (Å²) in [7, 11) is 0. The Morgan fingerprint density at radius 3 is 2.48 bits per heavy atom.